The average molecular weight is 293 g/mol. The number of allylic oxidation sites excluding steroid dienone is 4. The van der Waals surface area contributed by atoms with Gasteiger partial charge >= 0.3 is 0 Å². The van der Waals surface area contributed by atoms with Crippen LogP contribution in [0.5, 0.6) is 0 Å². The SMILES string of the molecule is CC(C)=CC1CC(C=C(C)C)C2C(=O)N(CP)C(=O)C12. The highest BCUT2D eigenvalue weighted by Gasteiger charge is 2.56. The quantitative estimate of drug-likeness (QED) is 0.456. The molecule has 2 amide bonds. The predicted octanol–water partition coefficient (Wildman–Crippen LogP) is 2.99. The summed E-state index contributed by atoms with van der Waals surface area (Å²) >= 11 is 0. The monoisotopic (exact) mass is 293 g/mol. The summed E-state index contributed by atoms with van der Waals surface area (Å²) in [6.45, 7) is 8.21. The first kappa shape index (κ1) is 15.4. The lowest BCUT2D eigenvalue weighted by molar-refractivity contribution is -0.139. The molecular formula is C16H24NO2P. The fourth-order valence-electron chi connectivity index (χ4n) is 3.66. The summed E-state index contributed by atoms with van der Waals surface area (Å²) in [7, 11) is 2.49. The molecule has 4 heteroatoms. The molecule has 0 aromatic rings. The van der Waals surface area contributed by atoms with Crippen molar-refractivity contribution in [1.82, 2.24) is 4.90 Å². The van der Waals surface area contributed by atoms with Crippen molar-refractivity contribution in [2.75, 3.05) is 6.29 Å². The average Bonchev–Trinajstić information content (AvgIpc) is 2.77. The minimum atomic E-state index is -0.154. The Morgan fingerprint density at radius 3 is 1.75 bits per heavy atom. The maximum atomic E-state index is 12.5. The molecule has 5 unspecified atom stereocenters. The molecule has 0 radical (unpaired) electrons. The maximum absolute atomic E-state index is 12.5. The van der Waals surface area contributed by atoms with Crippen molar-refractivity contribution in [2.24, 2.45) is 23.7 Å². The van der Waals surface area contributed by atoms with Gasteiger partial charge in [0.25, 0.3) is 0 Å². The van der Waals surface area contributed by atoms with Crippen molar-refractivity contribution in [3.63, 3.8) is 0 Å². The summed E-state index contributed by atoms with van der Waals surface area (Å²) in [4.78, 5) is 26.4. The molecule has 1 saturated heterocycles. The van der Waals surface area contributed by atoms with Gasteiger partial charge < -0.3 is 0 Å². The Kier molecular flexibility index (Phi) is 4.49. The van der Waals surface area contributed by atoms with E-state index in [1.807, 2.05) is 0 Å². The van der Waals surface area contributed by atoms with E-state index in [0.29, 0.717) is 6.29 Å². The van der Waals surface area contributed by atoms with Gasteiger partial charge in [0.1, 0.15) is 0 Å². The molecule has 1 aliphatic carbocycles. The molecule has 0 bridgehead atoms. The molecule has 20 heavy (non-hydrogen) atoms. The molecule has 1 saturated carbocycles. The predicted molar refractivity (Wildman–Crippen MR) is 83.9 cm³/mol. The van der Waals surface area contributed by atoms with Gasteiger partial charge in [0.05, 0.1) is 11.8 Å². The van der Waals surface area contributed by atoms with Crippen LogP contribution in [0.2, 0.25) is 0 Å². The van der Waals surface area contributed by atoms with Crippen molar-refractivity contribution >= 4 is 21.1 Å². The first-order valence-corrected chi connectivity index (χ1v) is 8.03. The molecule has 5 atom stereocenters. The molecular weight excluding hydrogens is 269 g/mol. The van der Waals surface area contributed by atoms with Crippen LogP contribution in [0, 0.1) is 23.7 Å². The Balaban J connectivity index is 2.39. The highest BCUT2D eigenvalue weighted by atomic mass is 31.0. The Morgan fingerprint density at radius 1 is 1.05 bits per heavy atom. The molecule has 3 nitrogen and oxygen atoms in total. The molecule has 1 heterocycles. The summed E-state index contributed by atoms with van der Waals surface area (Å²) in [6, 6.07) is 0. The Hall–Kier alpha value is -0.950. The van der Waals surface area contributed by atoms with Crippen LogP contribution in [-0.4, -0.2) is 23.0 Å². The number of carbonyl (C=O) groups excluding carboxylic acids is 2. The van der Waals surface area contributed by atoms with Gasteiger partial charge in [-0.1, -0.05) is 23.3 Å². The van der Waals surface area contributed by atoms with Crippen molar-refractivity contribution < 1.29 is 9.59 Å². The second-order valence-electron chi connectivity index (χ2n) is 6.39. The number of carbonyl (C=O) groups is 2. The fourth-order valence-corrected chi connectivity index (χ4v) is 4.02. The van der Waals surface area contributed by atoms with E-state index in [0.717, 1.165) is 6.42 Å². The molecule has 0 aromatic carbocycles. The van der Waals surface area contributed by atoms with Crippen LogP contribution >= 0.6 is 9.24 Å². The Bertz CT molecular complexity index is 445. The summed E-state index contributed by atoms with van der Waals surface area (Å²) in [5, 5.41) is 0. The molecule has 0 N–H and O–H groups in total. The highest BCUT2D eigenvalue weighted by molar-refractivity contribution is 7.16. The number of hydrogen-bond acceptors (Lipinski definition) is 2. The second-order valence-corrected chi connectivity index (χ2v) is 6.76. The van der Waals surface area contributed by atoms with Crippen molar-refractivity contribution in [3.05, 3.63) is 23.3 Å². The Morgan fingerprint density at radius 2 is 1.45 bits per heavy atom. The highest BCUT2D eigenvalue weighted by Crippen LogP contribution is 2.49. The summed E-state index contributed by atoms with van der Waals surface area (Å²) in [6.07, 6.45) is 5.67. The van der Waals surface area contributed by atoms with Gasteiger partial charge in [-0.3, -0.25) is 14.5 Å². The number of rotatable bonds is 3. The molecule has 2 fully saturated rings. The van der Waals surface area contributed by atoms with E-state index in [1.54, 1.807) is 0 Å². The van der Waals surface area contributed by atoms with Gasteiger partial charge in [0.15, 0.2) is 0 Å². The Labute approximate surface area is 123 Å². The van der Waals surface area contributed by atoms with Gasteiger partial charge in [-0.05, 0) is 46.0 Å². The number of likely N-dealkylation sites (tertiary alicyclic amines) is 1. The van der Waals surface area contributed by atoms with Crippen molar-refractivity contribution in [1.29, 1.82) is 0 Å². The fraction of sp³-hybridized carbons (Fsp3) is 0.625. The zero-order valence-corrected chi connectivity index (χ0v) is 13.9. The van der Waals surface area contributed by atoms with Crippen LogP contribution in [0.1, 0.15) is 34.1 Å². The van der Waals surface area contributed by atoms with Crippen LogP contribution in [0.3, 0.4) is 0 Å². The first-order valence-electron chi connectivity index (χ1n) is 7.22. The third kappa shape index (κ3) is 2.61. The molecule has 0 spiro atoms. The van der Waals surface area contributed by atoms with Gasteiger partial charge in [-0.2, -0.15) is 0 Å². The smallest absolute Gasteiger partial charge is 0.234 e. The van der Waals surface area contributed by atoms with E-state index < -0.39 is 0 Å². The zero-order chi connectivity index (χ0) is 15.0. The summed E-state index contributed by atoms with van der Waals surface area (Å²) in [5.41, 5.74) is 2.44. The summed E-state index contributed by atoms with van der Waals surface area (Å²) in [5.74, 6) is 0.119. The number of amides is 2. The third-order valence-electron chi connectivity index (χ3n) is 4.23. The van der Waals surface area contributed by atoms with Crippen LogP contribution in [-0.2, 0) is 9.59 Å². The lowest BCUT2D eigenvalue weighted by atomic mass is 9.88. The van der Waals surface area contributed by atoms with E-state index in [4.69, 9.17) is 0 Å². The topological polar surface area (TPSA) is 37.4 Å². The van der Waals surface area contributed by atoms with Crippen LogP contribution in [0.15, 0.2) is 23.3 Å². The minimum Gasteiger partial charge on any atom is -0.278 e. The lowest BCUT2D eigenvalue weighted by Crippen LogP contribution is -2.32. The second kappa shape index (κ2) is 5.81. The first-order chi connectivity index (χ1) is 9.36. The lowest BCUT2D eigenvalue weighted by Gasteiger charge is -2.17. The summed E-state index contributed by atoms with van der Waals surface area (Å²) < 4.78 is 0. The normalized spacial score (nSPS) is 32.4. The van der Waals surface area contributed by atoms with Crippen LogP contribution < -0.4 is 0 Å². The minimum absolute atomic E-state index is 0.0159. The third-order valence-corrected chi connectivity index (χ3v) is 4.60. The standard InChI is InChI=1S/C16H24NO2P/c1-9(2)5-11-7-12(6-10(3)4)14-13(11)15(18)17(8-20)16(14)19/h5-6,11-14H,7-8,20H2,1-4H3. The van der Waals surface area contributed by atoms with Crippen molar-refractivity contribution in [2.45, 2.75) is 34.1 Å². The molecule has 2 aliphatic rings. The van der Waals surface area contributed by atoms with E-state index in [-0.39, 0.29) is 35.5 Å². The number of imide groups is 1. The number of hydrogen-bond donors (Lipinski definition) is 0. The zero-order valence-electron chi connectivity index (χ0n) is 12.7. The number of nitrogens with zero attached hydrogens (tertiary/aromatic N) is 1. The van der Waals surface area contributed by atoms with Gasteiger partial charge in [-0.25, -0.2) is 0 Å². The van der Waals surface area contributed by atoms with E-state index in [2.05, 4.69) is 49.1 Å². The number of fused-ring (bicyclic) bond motifs is 1. The van der Waals surface area contributed by atoms with Gasteiger partial charge in [-0.15, -0.1) is 9.24 Å². The van der Waals surface area contributed by atoms with Crippen LogP contribution in [0.25, 0.3) is 0 Å². The molecule has 2 rings (SSSR count). The van der Waals surface area contributed by atoms with Gasteiger partial charge in [0, 0.05) is 6.29 Å². The van der Waals surface area contributed by atoms with Crippen LogP contribution in [0.4, 0.5) is 0 Å². The molecule has 110 valence electrons. The largest absolute Gasteiger partial charge is 0.278 e. The van der Waals surface area contributed by atoms with Crippen molar-refractivity contribution in [3.8, 4) is 0 Å². The maximum Gasteiger partial charge on any atom is 0.234 e. The van der Waals surface area contributed by atoms with E-state index >= 15 is 0 Å². The van der Waals surface area contributed by atoms with Gasteiger partial charge in [0.2, 0.25) is 11.8 Å². The van der Waals surface area contributed by atoms with E-state index in [9.17, 15) is 9.59 Å². The molecule has 0 aromatic heterocycles. The van der Waals surface area contributed by atoms with E-state index in [1.165, 1.54) is 16.0 Å². The molecule has 1 aliphatic heterocycles.